The van der Waals surface area contributed by atoms with Gasteiger partial charge in [-0.1, -0.05) is 0 Å². The van der Waals surface area contributed by atoms with Crippen LogP contribution in [-0.4, -0.2) is 37.5 Å². The van der Waals surface area contributed by atoms with Gasteiger partial charge in [-0.2, -0.15) is 0 Å². The van der Waals surface area contributed by atoms with E-state index in [4.69, 9.17) is 9.84 Å². The van der Waals surface area contributed by atoms with Crippen molar-refractivity contribution < 1.29 is 9.84 Å². The molecule has 0 saturated heterocycles. The average molecular weight is 199 g/mol. The molecule has 0 spiro atoms. The minimum absolute atomic E-state index is 0.134. The van der Waals surface area contributed by atoms with Crippen molar-refractivity contribution in [1.82, 2.24) is 5.32 Å². The lowest BCUT2D eigenvalue weighted by Gasteiger charge is -2.17. The Bertz CT molecular complexity index is 155. The molecule has 0 radical (unpaired) electrons. The van der Waals surface area contributed by atoms with E-state index in [1.165, 1.54) is 25.7 Å². The van der Waals surface area contributed by atoms with Crippen LogP contribution >= 0.6 is 0 Å². The molecule has 2 rings (SSSR count). The average Bonchev–Trinajstić information content (AvgIpc) is 3.03. The lowest BCUT2D eigenvalue weighted by Crippen LogP contribution is -2.35. The summed E-state index contributed by atoms with van der Waals surface area (Å²) in [5, 5.41) is 12.1. The molecule has 0 unspecified atom stereocenters. The predicted molar refractivity (Wildman–Crippen MR) is 55.1 cm³/mol. The van der Waals surface area contributed by atoms with Gasteiger partial charge in [0.05, 0.1) is 19.8 Å². The molecular weight excluding hydrogens is 178 g/mol. The van der Waals surface area contributed by atoms with Gasteiger partial charge in [-0.3, -0.25) is 0 Å². The maximum Gasteiger partial charge on any atom is 0.0698 e. The summed E-state index contributed by atoms with van der Waals surface area (Å²) in [5.41, 5.74) is 0. The van der Waals surface area contributed by atoms with Crippen molar-refractivity contribution in [3.63, 3.8) is 0 Å². The molecule has 0 bridgehead atoms. The largest absolute Gasteiger partial charge is 0.394 e. The second kappa shape index (κ2) is 5.10. The molecule has 3 nitrogen and oxygen atoms in total. The van der Waals surface area contributed by atoms with Crippen LogP contribution in [0.2, 0.25) is 0 Å². The summed E-state index contributed by atoms with van der Waals surface area (Å²) in [6.07, 6.45) is 5.69. The fourth-order valence-corrected chi connectivity index (χ4v) is 2.09. The van der Waals surface area contributed by atoms with Gasteiger partial charge in [-0.05, 0) is 37.5 Å². The number of aliphatic hydroxyl groups is 1. The first-order chi connectivity index (χ1) is 6.92. The van der Waals surface area contributed by atoms with Gasteiger partial charge in [-0.25, -0.2) is 0 Å². The first-order valence-corrected chi connectivity index (χ1v) is 5.84. The molecule has 2 aliphatic carbocycles. The van der Waals surface area contributed by atoms with Crippen LogP contribution in [-0.2, 0) is 4.74 Å². The number of rotatable bonds is 8. The highest BCUT2D eigenvalue weighted by Crippen LogP contribution is 2.44. The Hall–Kier alpha value is -0.120. The minimum Gasteiger partial charge on any atom is -0.394 e. The van der Waals surface area contributed by atoms with Crippen molar-refractivity contribution in [2.45, 2.75) is 31.7 Å². The van der Waals surface area contributed by atoms with Crippen molar-refractivity contribution in [1.29, 1.82) is 0 Å². The van der Waals surface area contributed by atoms with Gasteiger partial charge in [-0.15, -0.1) is 0 Å². The van der Waals surface area contributed by atoms with Crippen LogP contribution in [0.1, 0.15) is 25.7 Å². The first-order valence-electron chi connectivity index (χ1n) is 5.84. The molecular formula is C11H21NO2. The molecule has 0 aromatic heterocycles. The third kappa shape index (κ3) is 3.23. The second-order valence-corrected chi connectivity index (χ2v) is 4.49. The molecule has 2 saturated carbocycles. The van der Waals surface area contributed by atoms with E-state index in [9.17, 15) is 0 Å². The smallest absolute Gasteiger partial charge is 0.0698 e. The number of hydrogen-bond acceptors (Lipinski definition) is 3. The third-order valence-electron chi connectivity index (χ3n) is 3.12. The van der Waals surface area contributed by atoms with Crippen LogP contribution in [0.4, 0.5) is 0 Å². The van der Waals surface area contributed by atoms with E-state index < -0.39 is 0 Å². The second-order valence-electron chi connectivity index (χ2n) is 4.49. The Labute approximate surface area is 85.8 Å². The summed E-state index contributed by atoms with van der Waals surface area (Å²) >= 11 is 0. The van der Waals surface area contributed by atoms with Gasteiger partial charge in [0.2, 0.25) is 0 Å². The van der Waals surface area contributed by atoms with Crippen LogP contribution in [0, 0.1) is 11.8 Å². The summed E-state index contributed by atoms with van der Waals surface area (Å²) in [6.45, 7) is 2.28. The standard InChI is InChI=1S/C11H21NO2/c13-6-8-14-7-5-12-11(9-1-2-9)10-3-4-10/h9-13H,1-8H2. The third-order valence-corrected chi connectivity index (χ3v) is 3.12. The Kier molecular flexibility index (Phi) is 3.79. The van der Waals surface area contributed by atoms with E-state index in [0.29, 0.717) is 6.61 Å². The fraction of sp³-hybridized carbons (Fsp3) is 1.00. The SMILES string of the molecule is OCCOCCNC(C1CC1)C1CC1. The van der Waals surface area contributed by atoms with Gasteiger partial charge >= 0.3 is 0 Å². The molecule has 0 atom stereocenters. The zero-order valence-electron chi connectivity index (χ0n) is 8.74. The maximum absolute atomic E-state index is 8.53. The number of aliphatic hydroxyl groups excluding tert-OH is 1. The summed E-state index contributed by atoms with van der Waals surface area (Å²) in [5.74, 6) is 1.92. The molecule has 0 aromatic rings. The lowest BCUT2D eigenvalue weighted by atomic mass is 10.1. The van der Waals surface area contributed by atoms with Gasteiger partial charge < -0.3 is 15.2 Å². The Morgan fingerprint density at radius 2 is 1.79 bits per heavy atom. The number of ether oxygens (including phenoxy) is 1. The van der Waals surface area contributed by atoms with Gasteiger partial charge in [0, 0.05) is 12.6 Å². The van der Waals surface area contributed by atoms with E-state index in [0.717, 1.165) is 31.0 Å². The summed E-state index contributed by atoms with van der Waals surface area (Å²) in [6, 6.07) is 0.771. The molecule has 3 heteroatoms. The zero-order valence-corrected chi connectivity index (χ0v) is 8.74. The van der Waals surface area contributed by atoms with Crippen molar-refractivity contribution in [3.8, 4) is 0 Å². The zero-order chi connectivity index (χ0) is 9.80. The summed E-state index contributed by atoms with van der Waals surface area (Å²) < 4.78 is 5.22. The molecule has 2 fully saturated rings. The van der Waals surface area contributed by atoms with Gasteiger partial charge in [0.1, 0.15) is 0 Å². The summed E-state index contributed by atoms with van der Waals surface area (Å²) in [4.78, 5) is 0. The van der Waals surface area contributed by atoms with E-state index in [2.05, 4.69) is 5.32 Å². The molecule has 0 amide bonds. The Balaban J connectivity index is 1.53. The molecule has 2 aliphatic rings. The normalized spacial score (nSPS) is 21.9. The van der Waals surface area contributed by atoms with Crippen LogP contribution < -0.4 is 5.32 Å². The number of nitrogens with one attached hydrogen (secondary N) is 1. The van der Waals surface area contributed by atoms with Crippen LogP contribution in [0.3, 0.4) is 0 Å². The predicted octanol–water partition coefficient (Wildman–Crippen LogP) is 0.773. The van der Waals surface area contributed by atoms with E-state index in [1.54, 1.807) is 0 Å². The van der Waals surface area contributed by atoms with E-state index >= 15 is 0 Å². The van der Waals surface area contributed by atoms with E-state index in [-0.39, 0.29) is 6.61 Å². The Morgan fingerprint density at radius 3 is 2.29 bits per heavy atom. The molecule has 14 heavy (non-hydrogen) atoms. The first kappa shape index (κ1) is 10.4. The van der Waals surface area contributed by atoms with Crippen molar-refractivity contribution >= 4 is 0 Å². The van der Waals surface area contributed by atoms with E-state index in [1.807, 2.05) is 0 Å². The minimum atomic E-state index is 0.134. The molecule has 82 valence electrons. The van der Waals surface area contributed by atoms with Gasteiger partial charge in [0.15, 0.2) is 0 Å². The fourth-order valence-electron chi connectivity index (χ4n) is 2.09. The highest BCUT2D eigenvalue weighted by atomic mass is 16.5. The van der Waals surface area contributed by atoms with Crippen molar-refractivity contribution in [2.24, 2.45) is 11.8 Å². The number of hydrogen-bond donors (Lipinski definition) is 2. The lowest BCUT2D eigenvalue weighted by molar-refractivity contribution is 0.0917. The Morgan fingerprint density at radius 1 is 1.14 bits per heavy atom. The maximum atomic E-state index is 8.53. The molecule has 0 heterocycles. The van der Waals surface area contributed by atoms with Crippen LogP contribution in [0.5, 0.6) is 0 Å². The van der Waals surface area contributed by atoms with Crippen LogP contribution in [0.15, 0.2) is 0 Å². The molecule has 0 aromatic carbocycles. The van der Waals surface area contributed by atoms with Crippen LogP contribution in [0.25, 0.3) is 0 Å². The van der Waals surface area contributed by atoms with Crippen molar-refractivity contribution in [2.75, 3.05) is 26.4 Å². The summed E-state index contributed by atoms with van der Waals surface area (Å²) in [7, 11) is 0. The van der Waals surface area contributed by atoms with Gasteiger partial charge in [0.25, 0.3) is 0 Å². The monoisotopic (exact) mass is 199 g/mol. The molecule has 0 aliphatic heterocycles. The highest BCUT2D eigenvalue weighted by molar-refractivity contribution is 4.96. The molecule has 2 N–H and O–H groups in total. The van der Waals surface area contributed by atoms with Crippen molar-refractivity contribution in [3.05, 3.63) is 0 Å². The topological polar surface area (TPSA) is 41.5 Å². The highest BCUT2D eigenvalue weighted by Gasteiger charge is 2.40. The quantitative estimate of drug-likeness (QED) is 0.567.